The summed E-state index contributed by atoms with van der Waals surface area (Å²) < 4.78 is 0. The molecule has 1 aliphatic rings. The normalized spacial score (nSPS) is 17.4. The quantitative estimate of drug-likeness (QED) is 0.608. The summed E-state index contributed by atoms with van der Waals surface area (Å²) in [6.07, 6.45) is 0. The molecule has 7 nitrogen and oxygen atoms in total. The molecule has 1 atom stereocenters. The van der Waals surface area contributed by atoms with E-state index in [1.807, 2.05) is 0 Å². The highest BCUT2D eigenvalue weighted by Crippen LogP contribution is 2.08. The summed E-state index contributed by atoms with van der Waals surface area (Å²) in [6.45, 7) is 4.56. The third-order valence-corrected chi connectivity index (χ3v) is 2.55. The Bertz CT molecular complexity index is 376. The van der Waals surface area contributed by atoms with Gasteiger partial charge in [-0.1, -0.05) is 13.8 Å². The van der Waals surface area contributed by atoms with Crippen molar-refractivity contribution in [3.8, 4) is 0 Å². The molecule has 0 aliphatic carbocycles. The minimum Gasteiger partial charge on any atom is -0.344 e. The van der Waals surface area contributed by atoms with Crippen LogP contribution in [0.4, 0.5) is 0 Å². The van der Waals surface area contributed by atoms with E-state index in [1.54, 1.807) is 13.8 Å². The van der Waals surface area contributed by atoms with Crippen LogP contribution >= 0.6 is 0 Å². The number of nitrogens with zero attached hydrogens (tertiary/aromatic N) is 1. The maximum Gasteiger partial charge on any atom is 0.246 e. The minimum atomic E-state index is -0.721. The number of rotatable bonds is 3. The third-order valence-electron chi connectivity index (χ3n) is 2.55. The van der Waals surface area contributed by atoms with Gasteiger partial charge in [0.1, 0.15) is 19.1 Å². The third kappa shape index (κ3) is 3.54. The molecule has 1 heterocycles. The van der Waals surface area contributed by atoms with Crippen molar-refractivity contribution >= 4 is 23.6 Å². The predicted octanol–water partition coefficient (Wildman–Crippen LogP) is -1.37. The van der Waals surface area contributed by atoms with Crippen LogP contribution in [0.15, 0.2) is 0 Å². The van der Waals surface area contributed by atoms with E-state index >= 15 is 0 Å². The molecule has 4 amide bonds. The molecule has 2 N–H and O–H groups in total. The van der Waals surface area contributed by atoms with Gasteiger partial charge in [0.05, 0.1) is 0 Å². The number of carbonyl (C=O) groups excluding carboxylic acids is 4. The van der Waals surface area contributed by atoms with Crippen LogP contribution in [0.1, 0.15) is 20.8 Å². The topological polar surface area (TPSA) is 95.6 Å². The molecule has 18 heavy (non-hydrogen) atoms. The summed E-state index contributed by atoms with van der Waals surface area (Å²) in [4.78, 5) is 46.7. The molecule has 0 radical (unpaired) electrons. The van der Waals surface area contributed by atoms with E-state index in [2.05, 4.69) is 10.6 Å². The highest BCUT2D eigenvalue weighted by molar-refractivity contribution is 6.03. The summed E-state index contributed by atoms with van der Waals surface area (Å²) in [5.41, 5.74) is 0. The van der Waals surface area contributed by atoms with E-state index in [9.17, 15) is 19.2 Å². The average molecular weight is 255 g/mol. The van der Waals surface area contributed by atoms with Crippen molar-refractivity contribution in [1.29, 1.82) is 0 Å². The lowest BCUT2D eigenvalue weighted by atomic mass is 10.0. The van der Waals surface area contributed by atoms with E-state index in [0.29, 0.717) is 0 Å². The van der Waals surface area contributed by atoms with Gasteiger partial charge in [-0.15, -0.1) is 0 Å². The highest BCUT2D eigenvalue weighted by atomic mass is 16.2. The van der Waals surface area contributed by atoms with E-state index in [-0.39, 0.29) is 24.9 Å². The number of hydrogen-bond donors (Lipinski definition) is 2. The van der Waals surface area contributed by atoms with Crippen LogP contribution < -0.4 is 10.6 Å². The fourth-order valence-corrected chi connectivity index (χ4v) is 1.72. The molecule has 1 unspecified atom stereocenters. The lowest BCUT2D eigenvalue weighted by molar-refractivity contribution is -0.147. The van der Waals surface area contributed by atoms with Gasteiger partial charge in [0.15, 0.2) is 0 Å². The van der Waals surface area contributed by atoms with Gasteiger partial charge in [-0.05, 0) is 5.92 Å². The Balaban J connectivity index is 2.79. The van der Waals surface area contributed by atoms with Crippen molar-refractivity contribution in [2.24, 2.45) is 5.92 Å². The molecule has 0 aromatic rings. The predicted molar refractivity (Wildman–Crippen MR) is 62.2 cm³/mol. The number of carbonyl (C=O) groups is 4. The summed E-state index contributed by atoms with van der Waals surface area (Å²) in [5, 5.41) is 4.65. The molecule has 1 saturated heterocycles. The first-order chi connectivity index (χ1) is 8.31. The fourth-order valence-electron chi connectivity index (χ4n) is 1.72. The second-order valence-electron chi connectivity index (χ2n) is 4.59. The number of hydrogen-bond acceptors (Lipinski definition) is 4. The van der Waals surface area contributed by atoms with Crippen LogP contribution in [0.5, 0.6) is 0 Å². The van der Waals surface area contributed by atoms with E-state index in [4.69, 9.17) is 0 Å². The minimum absolute atomic E-state index is 0.124. The summed E-state index contributed by atoms with van der Waals surface area (Å²) in [7, 11) is 0. The average Bonchev–Trinajstić information content (AvgIpc) is 2.23. The number of imide groups is 1. The summed E-state index contributed by atoms with van der Waals surface area (Å²) >= 11 is 0. The first-order valence-electron chi connectivity index (χ1n) is 5.70. The molecule has 0 aromatic heterocycles. The monoisotopic (exact) mass is 255 g/mol. The number of amides is 4. The van der Waals surface area contributed by atoms with Gasteiger partial charge in [0.25, 0.3) is 0 Å². The summed E-state index contributed by atoms with van der Waals surface area (Å²) in [6, 6.07) is -0.721. The molecule has 0 aromatic carbocycles. The van der Waals surface area contributed by atoms with Crippen molar-refractivity contribution in [2.75, 3.05) is 13.1 Å². The molecule has 1 rings (SSSR count). The number of piperazine rings is 1. The Morgan fingerprint density at radius 3 is 2.11 bits per heavy atom. The number of nitrogens with one attached hydrogen (secondary N) is 2. The van der Waals surface area contributed by atoms with Crippen LogP contribution in [-0.4, -0.2) is 47.7 Å². The lowest BCUT2D eigenvalue weighted by Crippen LogP contribution is -2.58. The van der Waals surface area contributed by atoms with Crippen molar-refractivity contribution in [3.63, 3.8) is 0 Å². The molecule has 0 saturated carbocycles. The molecule has 7 heteroatoms. The zero-order valence-electron chi connectivity index (χ0n) is 10.6. The molecule has 1 aliphatic heterocycles. The zero-order valence-corrected chi connectivity index (χ0v) is 10.6. The van der Waals surface area contributed by atoms with E-state index < -0.39 is 23.8 Å². The van der Waals surface area contributed by atoms with E-state index in [0.717, 1.165) is 4.90 Å². The van der Waals surface area contributed by atoms with Gasteiger partial charge in [-0.3, -0.25) is 24.5 Å². The van der Waals surface area contributed by atoms with Crippen molar-refractivity contribution in [1.82, 2.24) is 15.5 Å². The standard InChI is InChI=1S/C11H17N3O4/c1-6(2)10(12-7(3)15)11(18)14-4-8(16)13-9(17)5-14/h6,10H,4-5H2,1-3H3,(H,12,15)(H,13,16,17). The van der Waals surface area contributed by atoms with Gasteiger partial charge < -0.3 is 10.2 Å². The van der Waals surface area contributed by atoms with Crippen LogP contribution in [0, 0.1) is 5.92 Å². The van der Waals surface area contributed by atoms with Crippen LogP contribution in [0.25, 0.3) is 0 Å². The Morgan fingerprint density at radius 2 is 1.72 bits per heavy atom. The van der Waals surface area contributed by atoms with E-state index in [1.165, 1.54) is 6.92 Å². The maximum atomic E-state index is 12.1. The lowest BCUT2D eigenvalue weighted by Gasteiger charge is -2.30. The molecule has 100 valence electrons. The zero-order chi connectivity index (χ0) is 13.9. The maximum absolute atomic E-state index is 12.1. The molecular formula is C11H17N3O4. The SMILES string of the molecule is CC(=O)NC(C(=O)N1CC(=O)NC(=O)C1)C(C)C. The Kier molecular flexibility index (Phi) is 4.41. The molecule has 0 bridgehead atoms. The molecule has 1 fully saturated rings. The van der Waals surface area contributed by atoms with Gasteiger partial charge >= 0.3 is 0 Å². The fraction of sp³-hybridized carbons (Fsp3) is 0.636. The first-order valence-corrected chi connectivity index (χ1v) is 5.70. The van der Waals surface area contributed by atoms with Crippen LogP contribution in [0.2, 0.25) is 0 Å². The van der Waals surface area contributed by atoms with Crippen LogP contribution in [0.3, 0.4) is 0 Å². The van der Waals surface area contributed by atoms with Crippen molar-refractivity contribution in [2.45, 2.75) is 26.8 Å². The smallest absolute Gasteiger partial charge is 0.246 e. The van der Waals surface area contributed by atoms with Gasteiger partial charge in [0.2, 0.25) is 23.6 Å². The van der Waals surface area contributed by atoms with Crippen molar-refractivity contribution < 1.29 is 19.2 Å². The Labute approximate surface area is 105 Å². The van der Waals surface area contributed by atoms with Gasteiger partial charge in [0, 0.05) is 6.92 Å². The molecular weight excluding hydrogens is 238 g/mol. The highest BCUT2D eigenvalue weighted by Gasteiger charge is 2.32. The second kappa shape index (κ2) is 5.61. The van der Waals surface area contributed by atoms with Gasteiger partial charge in [-0.2, -0.15) is 0 Å². The second-order valence-corrected chi connectivity index (χ2v) is 4.59. The summed E-state index contributed by atoms with van der Waals surface area (Å²) in [5.74, 6) is -1.88. The Morgan fingerprint density at radius 1 is 1.22 bits per heavy atom. The first kappa shape index (κ1) is 14.1. The van der Waals surface area contributed by atoms with Crippen LogP contribution in [-0.2, 0) is 19.2 Å². The van der Waals surface area contributed by atoms with Crippen molar-refractivity contribution in [3.05, 3.63) is 0 Å². The van der Waals surface area contributed by atoms with Gasteiger partial charge in [-0.25, -0.2) is 0 Å². The largest absolute Gasteiger partial charge is 0.344 e. The molecule has 0 spiro atoms. The Hall–Kier alpha value is -1.92.